The molecule has 1 aliphatic heterocycles. The molecule has 29 heavy (non-hydrogen) atoms. The van der Waals surface area contributed by atoms with E-state index in [1.807, 2.05) is 57.7 Å². The number of rotatable bonds is 5. The van der Waals surface area contributed by atoms with Crippen LogP contribution in [0.2, 0.25) is 5.02 Å². The third kappa shape index (κ3) is 4.79. The van der Waals surface area contributed by atoms with E-state index in [1.165, 1.54) is 0 Å². The maximum Gasteiger partial charge on any atom is 0.257 e. The predicted molar refractivity (Wildman–Crippen MR) is 114 cm³/mol. The molecule has 0 unspecified atom stereocenters. The van der Waals surface area contributed by atoms with E-state index in [9.17, 15) is 9.59 Å². The van der Waals surface area contributed by atoms with Crippen LogP contribution in [0.25, 0.3) is 5.69 Å². The van der Waals surface area contributed by atoms with Gasteiger partial charge in [-0.1, -0.05) is 25.4 Å². The lowest BCUT2D eigenvalue weighted by atomic mass is 10.0. The van der Waals surface area contributed by atoms with Crippen molar-refractivity contribution in [2.24, 2.45) is 0 Å². The van der Waals surface area contributed by atoms with E-state index >= 15 is 0 Å². The second kappa shape index (κ2) is 8.97. The normalized spacial score (nSPS) is 14.7. The highest BCUT2D eigenvalue weighted by molar-refractivity contribution is 6.30. The Morgan fingerprint density at radius 1 is 1.07 bits per heavy atom. The Balaban J connectivity index is 1.76. The summed E-state index contributed by atoms with van der Waals surface area (Å²) < 4.78 is 1.81. The van der Waals surface area contributed by atoms with Crippen LogP contribution in [0.15, 0.2) is 30.5 Å². The summed E-state index contributed by atoms with van der Waals surface area (Å²) in [4.78, 5) is 31.0. The van der Waals surface area contributed by atoms with Gasteiger partial charge in [0.15, 0.2) is 0 Å². The first-order chi connectivity index (χ1) is 13.8. The molecule has 3 rings (SSSR count). The zero-order valence-electron chi connectivity index (χ0n) is 17.4. The van der Waals surface area contributed by atoms with Crippen molar-refractivity contribution >= 4 is 23.4 Å². The van der Waals surface area contributed by atoms with Gasteiger partial charge in [-0.2, -0.15) is 5.10 Å². The maximum absolute atomic E-state index is 13.2. The number of hydrogen-bond acceptors (Lipinski definition) is 4. The van der Waals surface area contributed by atoms with Gasteiger partial charge in [0, 0.05) is 31.2 Å². The van der Waals surface area contributed by atoms with E-state index in [2.05, 4.69) is 18.9 Å². The highest BCUT2D eigenvalue weighted by atomic mass is 35.5. The van der Waals surface area contributed by atoms with Crippen molar-refractivity contribution in [1.82, 2.24) is 24.5 Å². The molecule has 1 aromatic carbocycles. The topological polar surface area (TPSA) is 61.7 Å². The number of piperazine rings is 1. The van der Waals surface area contributed by atoms with Crippen LogP contribution in [-0.2, 0) is 4.79 Å². The lowest BCUT2D eigenvalue weighted by Crippen LogP contribution is -2.52. The molecule has 1 aromatic heterocycles. The monoisotopic (exact) mass is 417 g/mol. The molecule has 8 heteroatoms. The van der Waals surface area contributed by atoms with Crippen LogP contribution >= 0.6 is 11.6 Å². The molecule has 2 amide bonds. The van der Waals surface area contributed by atoms with Gasteiger partial charge in [-0.3, -0.25) is 9.59 Å². The molecular weight excluding hydrogens is 390 g/mol. The highest BCUT2D eigenvalue weighted by Crippen LogP contribution is 2.25. The van der Waals surface area contributed by atoms with E-state index in [0.29, 0.717) is 43.3 Å². The minimum Gasteiger partial charge on any atom is -0.338 e. The molecule has 2 heterocycles. The molecule has 7 nitrogen and oxygen atoms in total. The fourth-order valence-corrected chi connectivity index (χ4v) is 3.69. The first-order valence-corrected chi connectivity index (χ1v) is 10.2. The lowest BCUT2D eigenvalue weighted by molar-refractivity contribution is -0.133. The Labute approximate surface area is 176 Å². The fourth-order valence-electron chi connectivity index (χ4n) is 3.57. The molecule has 0 radical (unpaired) electrons. The van der Waals surface area contributed by atoms with Crippen LogP contribution in [0.5, 0.6) is 0 Å². The number of aromatic nitrogens is 2. The summed E-state index contributed by atoms with van der Waals surface area (Å²) >= 11 is 6.00. The largest absolute Gasteiger partial charge is 0.338 e. The molecule has 1 saturated heterocycles. The first kappa shape index (κ1) is 21.3. The molecule has 1 fully saturated rings. The van der Waals surface area contributed by atoms with Crippen LogP contribution < -0.4 is 0 Å². The van der Waals surface area contributed by atoms with Gasteiger partial charge in [-0.25, -0.2) is 4.68 Å². The number of nitrogens with zero attached hydrogens (tertiary/aromatic N) is 5. The summed E-state index contributed by atoms with van der Waals surface area (Å²) in [7, 11) is 3.76. The Morgan fingerprint density at radius 3 is 2.21 bits per heavy atom. The number of carbonyl (C=O) groups excluding carboxylic acids is 2. The predicted octanol–water partition coefficient (Wildman–Crippen LogP) is 2.50. The highest BCUT2D eigenvalue weighted by Gasteiger charge is 2.28. The first-order valence-electron chi connectivity index (χ1n) is 9.83. The van der Waals surface area contributed by atoms with E-state index < -0.39 is 0 Å². The molecule has 0 bridgehead atoms. The number of amides is 2. The zero-order valence-corrected chi connectivity index (χ0v) is 18.2. The minimum absolute atomic E-state index is 0.0337. The van der Waals surface area contributed by atoms with Gasteiger partial charge in [0.2, 0.25) is 5.91 Å². The quantitative estimate of drug-likeness (QED) is 0.749. The summed E-state index contributed by atoms with van der Waals surface area (Å²) in [6, 6.07) is 7.41. The number of carbonyl (C=O) groups is 2. The van der Waals surface area contributed by atoms with Crippen LogP contribution in [0.3, 0.4) is 0 Å². The van der Waals surface area contributed by atoms with Gasteiger partial charge in [-0.05, 0) is 44.3 Å². The van der Waals surface area contributed by atoms with Gasteiger partial charge in [0.1, 0.15) is 0 Å². The summed E-state index contributed by atoms with van der Waals surface area (Å²) in [6.07, 6.45) is 1.65. The molecule has 0 atom stereocenters. The Hall–Kier alpha value is -2.38. The zero-order chi connectivity index (χ0) is 21.1. The van der Waals surface area contributed by atoms with E-state index in [4.69, 9.17) is 11.6 Å². The second-order valence-corrected chi connectivity index (χ2v) is 8.33. The standard InChI is InChI=1S/C21H28ClN5O2/c1-15(2)20-18(13-23-27(20)17-7-5-16(22)6-8-17)21(29)26-11-9-25(10-12-26)19(28)14-24(3)4/h5-8,13,15H,9-12,14H2,1-4H3. The van der Waals surface area contributed by atoms with Gasteiger partial charge >= 0.3 is 0 Å². The Bertz CT molecular complexity index is 868. The van der Waals surface area contributed by atoms with Gasteiger partial charge < -0.3 is 14.7 Å². The average Bonchev–Trinajstić information content (AvgIpc) is 3.13. The number of likely N-dealkylation sites (N-methyl/N-ethyl adjacent to an activating group) is 1. The molecule has 2 aromatic rings. The van der Waals surface area contributed by atoms with Crippen LogP contribution in [0.4, 0.5) is 0 Å². The number of halogens is 1. The summed E-state index contributed by atoms with van der Waals surface area (Å²) in [5, 5.41) is 5.14. The molecule has 0 aliphatic carbocycles. The number of hydrogen-bond donors (Lipinski definition) is 0. The van der Waals surface area contributed by atoms with Crippen molar-refractivity contribution in [3.05, 3.63) is 46.7 Å². The van der Waals surface area contributed by atoms with Crippen molar-refractivity contribution in [2.45, 2.75) is 19.8 Å². The summed E-state index contributed by atoms with van der Waals surface area (Å²) in [5.41, 5.74) is 2.36. The molecule has 1 aliphatic rings. The molecule has 156 valence electrons. The van der Waals surface area contributed by atoms with Gasteiger partial charge in [0.25, 0.3) is 5.91 Å². The summed E-state index contributed by atoms with van der Waals surface area (Å²) in [5.74, 6) is 0.184. The average molecular weight is 418 g/mol. The third-order valence-corrected chi connectivity index (χ3v) is 5.28. The summed E-state index contributed by atoms with van der Waals surface area (Å²) in [6.45, 7) is 6.67. The van der Waals surface area contributed by atoms with Crippen molar-refractivity contribution in [3.63, 3.8) is 0 Å². The SMILES string of the molecule is CC(C)c1c(C(=O)N2CCN(C(=O)CN(C)C)CC2)cnn1-c1ccc(Cl)cc1. The second-order valence-electron chi connectivity index (χ2n) is 7.90. The molecule has 0 N–H and O–H groups in total. The van der Waals surface area contributed by atoms with Crippen LogP contribution in [-0.4, -0.2) is 83.1 Å². The van der Waals surface area contributed by atoms with Gasteiger partial charge in [-0.15, -0.1) is 0 Å². The van der Waals surface area contributed by atoms with Crippen molar-refractivity contribution < 1.29 is 9.59 Å². The smallest absolute Gasteiger partial charge is 0.257 e. The minimum atomic E-state index is -0.0337. The number of benzene rings is 1. The Kier molecular flexibility index (Phi) is 6.59. The van der Waals surface area contributed by atoms with E-state index in [0.717, 1.165) is 11.4 Å². The van der Waals surface area contributed by atoms with Crippen LogP contribution in [0.1, 0.15) is 35.8 Å². The third-order valence-electron chi connectivity index (χ3n) is 5.03. The lowest BCUT2D eigenvalue weighted by Gasteiger charge is -2.35. The van der Waals surface area contributed by atoms with Crippen molar-refractivity contribution in [1.29, 1.82) is 0 Å². The maximum atomic E-state index is 13.2. The molecule has 0 saturated carbocycles. The van der Waals surface area contributed by atoms with Crippen LogP contribution in [0, 0.1) is 0 Å². The Morgan fingerprint density at radius 2 is 1.66 bits per heavy atom. The molecule has 0 spiro atoms. The van der Waals surface area contributed by atoms with Crippen molar-refractivity contribution in [3.8, 4) is 5.69 Å². The van der Waals surface area contributed by atoms with E-state index in [-0.39, 0.29) is 17.7 Å². The fraction of sp³-hybridized carbons (Fsp3) is 0.476. The van der Waals surface area contributed by atoms with Gasteiger partial charge in [0.05, 0.1) is 29.7 Å². The molecular formula is C21H28ClN5O2. The van der Waals surface area contributed by atoms with E-state index in [1.54, 1.807) is 6.20 Å². The van der Waals surface area contributed by atoms with Crippen molar-refractivity contribution in [2.75, 3.05) is 46.8 Å².